The second-order valence-corrected chi connectivity index (χ2v) is 7.01. The van der Waals surface area contributed by atoms with Crippen molar-refractivity contribution in [2.75, 3.05) is 12.4 Å². The van der Waals surface area contributed by atoms with Crippen molar-refractivity contribution < 1.29 is 23.7 Å². The summed E-state index contributed by atoms with van der Waals surface area (Å²) in [4.78, 5) is 24.5. The zero-order chi connectivity index (χ0) is 20.3. The number of quaternary nitrogens is 1. The predicted molar refractivity (Wildman–Crippen MR) is 102 cm³/mol. The number of anilines is 1. The second kappa shape index (κ2) is 8.35. The molecule has 3 rings (SSSR count). The molecule has 0 spiro atoms. The molecule has 0 saturated heterocycles. The standard InChI is InChI=1S/C20H22FN3O4/c1-13(23(16-7-8-16)12-14-3-5-15(21)6-4-14)20(25)22-18-11-17(24(26)27)9-10-19(18)28-2/h3-6,9-11,13,16H,7-8,12H2,1-2H3,(H,22,25)/p+1/t13-/m0/s1. The highest BCUT2D eigenvalue weighted by molar-refractivity contribution is 5.95. The minimum atomic E-state index is -0.519. The van der Waals surface area contributed by atoms with Crippen LogP contribution in [0.5, 0.6) is 5.75 Å². The monoisotopic (exact) mass is 388 g/mol. The maximum atomic E-state index is 13.2. The molecule has 0 bridgehead atoms. The van der Waals surface area contributed by atoms with E-state index < -0.39 is 4.92 Å². The Labute approximate surface area is 162 Å². The van der Waals surface area contributed by atoms with E-state index in [4.69, 9.17) is 4.74 Å². The number of ether oxygens (including phenoxy) is 1. The van der Waals surface area contributed by atoms with Gasteiger partial charge in [-0.2, -0.15) is 0 Å². The van der Waals surface area contributed by atoms with Gasteiger partial charge in [-0.1, -0.05) is 12.1 Å². The van der Waals surface area contributed by atoms with Crippen molar-refractivity contribution in [3.63, 3.8) is 0 Å². The lowest BCUT2D eigenvalue weighted by Crippen LogP contribution is -3.16. The Morgan fingerprint density at radius 2 is 2.00 bits per heavy atom. The summed E-state index contributed by atoms with van der Waals surface area (Å²) in [5, 5.41) is 13.8. The van der Waals surface area contributed by atoms with E-state index in [9.17, 15) is 19.3 Å². The van der Waals surface area contributed by atoms with E-state index in [1.54, 1.807) is 12.1 Å². The molecule has 2 aromatic carbocycles. The number of nitrogens with zero attached hydrogens (tertiary/aromatic N) is 1. The number of halogens is 1. The molecule has 1 saturated carbocycles. The number of nitrogens with one attached hydrogen (secondary N) is 2. The highest BCUT2D eigenvalue weighted by Crippen LogP contribution is 2.29. The molecule has 7 nitrogen and oxygen atoms in total. The van der Waals surface area contributed by atoms with Crippen LogP contribution in [0.15, 0.2) is 42.5 Å². The molecule has 0 aromatic heterocycles. The van der Waals surface area contributed by atoms with Gasteiger partial charge in [-0.3, -0.25) is 14.9 Å². The van der Waals surface area contributed by atoms with Crippen molar-refractivity contribution in [3.05, 3.63) is 64.0 Å². The molecule has 0 radical (unpaired) electrons. The van der Waals surface area contributed by atoms with Crippen LogP contribution >= 0.6 is 0 Å². The molecular formula is C20H23FN3O4+. The number of carbonyl (C=O) groups excluding carboxylic acids is 1. The number of carbonyl (C=O) groups is 1. The SMILES string of the molecule is COc1ccc([N+](=O)[O-])cc1NC(=O)[C@H](C)[NH+](Cc1ccc(F)cc1)C1CC1. The van der Waals surface area contributed by atoms with E-state index >= 15 is 0 Å². The highest BCUT2D eigenvalue weighted by atomic mass is 19.1. The van der Waals surface area contributed by atoms with Crippen molar-refractivity contribution in [2.45, 2.75) is 38.4 Å². The fourth-order valence-electron chi connectivity index (χ4n) is 3.26. The van der Waals surface area contributed by atoms with Crippen LogP contribution in [0.2, 0.25) is 0 Å². The number of amides is 1. The van der Waals surface area contributed by atoms with E-state index in [1.165, 1.54) is 37.4 Å². The van der Waals surface area contributed by atoms with E-state index in [1.807, 2.05) is 6.92 Å². The third kappa shape index (κ3) is 4.64. The molecule has 0 heterocycles. The van der Waals surface area contributed by atoms with Crippen molar-refractivity contribution >= 4 is 17.3 Å². The van der Waals surface area contributed by atoms with Gasteiger partial charge in [-0.15, -0.1) is 0 Å². The normalized spacial score (nSPS) is 15.5. The molecule has 1 unspecified atom stereocenters. The maximum Gasteiger partial charge on any atom is 0.282 e. The van der Waals surface area contributed by atoms with Crippen LogP contribution in [-0.2, 0) is 11.3 Å². The van der Waals surface area contributed by atoms with Crippen molar-refractivity contribution in [3.8, 4) is 5.75 Å². The molecule has 1 amide bonds. The number of rotatable bonds is 8. The summed E-state index contributed by atoms with van der Waals surface area (Å²) in [6.07, 6.45) is 2.07. The minimum Gasteiger partial charge on any atom is -0.495 e. The van der Waals surface area contributed by atoms with Crippen molar-refractivity contribution in [2.24, 2.45) is 0 Å². The largest absolute Gasteiger partial charge is 0.495 e. The molecular weight excluding hydrogens is 365 g/mol. The van der Waals surface area contributed by atoms with Gasteiger partial charge in [0.25, 0.3) is 11.6 Å². The molecule has 0 aliphatic heterocycles. The molecule has 148 valence electrons. The number of benzene rings is 2. The smallest absolute Gasteiger partial charge is 0.282 e. The summed E-state index contributed by atoms with van der Waals surface area (Å²) < 4.78 is 18.4. The van der Waals surface area contributed by atoms with Crippen molar-refractivity contribution in [1.82, 2.24) is 0 Å². The Bertz CT molecular complexity index is 868. The average Bonchev–Trinajstić information content (AvgIpc) is 3.52. The predicted octanol–water partition coefficient (Wildman–Crippen LogP) is 2.32. The number of nitro groups is 1. The van der Waals surface area contributed by atoms with Crippen LogP contribution in [0.25, 0.3) is 0 Å². The average molecular weight is 388 g/mol. The Morgan fingerprint density at radius 1 is 1.32 bits per heavy atom. The third-order valence-corrected chi connectivity index (χ3v) is 5.02. The summed E-state index contributed by atoms with van der Waals surface area (Å²) in [6.45, 7) is 2.43. The van der Waals surface area contributed by atoms with Gasteiger partial charge >= 0.3 is 0 Å². The zero-order valence-corrected chi connectivity index (χ0v) is 15.8. The number of nitro benzene ring substituents is 1. The quantitative estimate of drug-likeness (QED) is 0.537. The fourth-order valence-corrected chi connectivity index (χ4v) is 3.26. The van der Waals surface area contributed by atoms with Gasteiger partial charge in [0.05, 0.1) is 23.8 Å². The van der Waals surface area contributed by atoms with E-state index in [0.29, 0.717) is 18.3 Å². The number of non-ortho nitro benzene ring substituents is 1. The molecule has 2 N–H and O–H groups in total. The first-order valence-corrected chi connectivity index (χ1v) is 9.12. The Hall–Kier alpha value is -3.00. The van der Waals surface area contributed by atoms with Crippen LogP contribution in [0.4, 0.5) is 15.8 Å². The molecule has 1 aliphatic rings. The van der Waals surface area contributed by atoms with Gasteiger partial charge < -0.3 is 15.0 Å². The van der Waals surface area contributed by atoms with Gasteiger partial charge in [0.15, 0.2) is 6.04 Å². The first-order chi connectivity index (χ1) is 13.4. The van der Waals surface area contributed by atoms with Crippen LogP contribution in [0.3, 0.4) is 0 Å². The first kappa shape index (κ1) is 19.8. The molecule has 28 heavy (non-hydrogen) atoms. The molecule has 1 aliphatic carbocycles. The molecule has 2 atom stereocenters. The van der Waals surface area contributed by atoms with Crippen molar-refractivity contribution in [1.29, 1.82) is 0 Å². The van der Waals surface area contributed by atoms with Crippen LogP contribution in [0, 0.1) is 15.9 Å². The van der Waals surface area contributed by atoms with Gasteiger partial charge in [-0.25, -0.2) is 4.39 Å². The van der Waals surface area contributed by atoms with E-state index in [-0.39, 0.29) is 29.1 Å². The summed E-state index contributed by atoms with van der Waals surface area (Å²) in [6, 6.07) is 10.4. The van der Waals surface area contributed by atoms with Gasteiger partial charge in [-0.05, 0) is 25.1 Å². The Balaban J connectivity index is 1.76. The lowest BCUT2D eigenvalue weighted by atomic mass is 10.1. The number of hydrogen-bond acceptors (Lipinski definition) is 4. The van der Waals surface area contributed by atoms with E-state index in [0.717, 1.165) is 23.3 Å². The summed E-state index contributed by atoms with van der Waals surface area (Å²) in [5.41, 5.74) is 1.10. The molecule has 8 heteroatoms. The first-order valence-electron chi connectivity index (χ1n) is 9.12. The Kier molecular flexibility index (Phi) is 5.89. The highest BCUT2D eigenvalue weighted by Gasteiger charge is 2.39. The summed E-state index contributed by atoms with van der Waals surface area (Å²) in [7, 11) is 1.44. The molecule has 1 fully saturated rings. The van der Waals surface area contributed by atoms with Crippen LogP contribution in [-0.4, -0.2) is 30.0 Å². The molecule has 2 aromatic rings. The lowest BCUT2D eigenvalue weighted by molar-refractivity contribution is -0.938. The summed E-state index contributed by atoms with van der Waals surface area (Å²) in [5.74, 6) is -0.180. The van der Waals surface area contributed by atoms with Crippen LogP contribution < -0.4 is 15.0 Å². The third-order valence-electron chi connectivity index (χ3n) is 5.02. The van der Waals surface area contributed by atoms with Gasteiger partial charge in [0.2, 0.25) is 0 Å². The number of methoxy groups -OCH3 is 1. The van der Waals surface area contributed by atoms with Crippen LogP contribution in [0.1, 0.15) is 25.3 Å². The second-order valence-electron chi connectivity index (χ2n) is 7.01. The maximum absolute atomic E-state index is 13.2. The minimum absolute atomic E-state index is 0.124. The van der Waals surface area contributed by atoms with Gasteiger partial charge in [0.1, 0.15) is 18.1 Å². The fraction of sp³-hybridized carbons (Fsp3) is 0.350. The zero-order valence-electron chi connectivity index (χ0n) is 15.8. The van der Waals surface area contributed by atoms with E-state index in [2.05, 4.69) is 5.32 Å². The topological polar surface area (TPSA) is 85.9 Å². The summed E-state index contributed by atoms with van der Waals surface area (Å²) >= 11 is 0. The lowest BCUT2D eigenvalue weighted by Gasteiger charge is -2.25. The number of hydrogen-bond donors (Lipinski definition) is 2. The van der Waals surface area contributed by atoms with Gasteiger partial charge in [0, 0.05) is 30.5 Å². The Morgan fingerprint density at radius 3 is 2.57 bits per heavy atom.